The molecule has 1 fully saturated rings. The van der Waals surface area contributed by atoms with Gasteiger partial charge < -0.3 is 9.84 Å². The highest BCUT2D eigenvalue weighted by Gasteiger charge is 2.34. The van der Waals surface area contributed by atoms with Gasteiger partial charge in [0.05, 0.1) is 11.7 Å². The molecule has 2 aromatic carbocycles. The van der Waals surface area contributed by atoms with Crippen molar-refractivity contribution in [3.8, 4) is 17.6 Å². The van der Waals surface area contributed by atoms with E-state index in [4.69, 9.17) is 9.84 Å². The number of aryl methyl sites for hydroxylation is 1. The minimum absolute atomic E-state index is 0.548. The zero-order valence-corrected chi connectivity index (χ0v) is 14.4. The Labute approximate surface area is 155 Å². The van der Waals surface area contributed by atoms with Gasteiger partial charge in [-0.3, -0.25) is 9.48 Å². The highest BCUT2D eigenvalue weighted by Crippen LogP contribution is 2.16. The van der Waals surface area contributed by atoms with Crippen molar-refractivity contribution in [2.45, 2.75) is 12.3 Å². The number of fused-ring (bicyclic) bond motifs is 1. The van der Waals surface area contributed by atoms with Crippen molar-refractivity contribution in [3.63, 3.8) is 0 Å². The predicted molar refractivity (Wildman–Crippen MR) is 98.4 cm³/mol. The van der Waals surface area contributed by atoms with Crippen LogP contribution in [0, 0.1) is 11.8 Å². The Bertz CT molecular complexity index is 1050. The summed E-state index contributed by atoms with van der Waals surface area (Å²) < 4.78 is 7.47. The third kappa shape index (κ3) is 3.61. The lowest BCUT2D eigenvalue weighted by molar-refractivity contribution is -0.141. The van der Waals surface area contributed by atoms with E-state index in [1.807, 2.05) is 48.3 Å². The summed E-state index contributed by atoms with van der Waals surface area (Å²) in [7, 11) is 1.91. The number of aliphatic carboxylic acids is 1. The van der Waals surface area contributed by atoms with Gasteiger partial charge in [0, 0.05) is 23.6 Å². The maximum atomic E-state index is 11.1. The number of hydrogen-bond acceptors (Lipinski definition) is 6. The minimum Gasteiger partial charge on any atom is -0.480 e. The van der Waals surface area contributed by atoms with E-state index in [0.717, 1.165) is 22.0 Å². The molecule has 1 aromatic heterocycles. The van der Waals surface area contributed by atoms with E-state index in [9.17, 15) is 4.79 Å². The van der Waals surface area contributed by atoms with E-state index < -0.39 is 18.2 Å². The summed E-state index contributed by atoms with van der Waals surface area (Å²) in [4.78, 5) is 11.1. The van der Waals surface area contributed by atoms with Crippen LogP contribution in [0.2, 0.25) is 0 Å². The van der Waals surface area contributed by atoms with E-state index in [-0.39, 0.29) is 0 Å². The Morgan fingerprint density at radius 1 is 1.15 bits per heavy atom. The van der Waals surface area contributed by atoms with Crippen molar-refractivity contribution in [1.82, 2.24) is 26.2 Å². The van der Waals surface area contributed by atoms with Gasteiger partial charge in [0.25, 0.3) is 0 Å². The Morgan fingerprint density at radius 3 is 2.67 bits per heavy atom. The third-order valence-electron chi connectivity index (χ3n) is 4.23. The molecule has 136 valence electrons. The van der Waals surface area contributed by atoms with E-state index >= 15 is 0 Å². The standard InChI is InChI=1S/C19H17N5O3/c1-24-16-9-6-13(10-14(16)11-20-24)3-2-12-4-7-15(8-5-12)27-18-17(19(25)26)21-23-22-18/h4-11,17-18,21-23H,1H3,(H,25,26). The van der Waals surface area contributed by atoms with Crippen LogP contribution in [-0.2, 0) is 11.8 Å². The van der Waals surface area contributed by atoms with Gasteiger partial charge in [-0.15, -0.1) is 0 Å². The number of aromatic nitrogens is 2. The number of nitrogens with zero attached hydrogens (tertiary/aromatic N) is 2. The summed E-state index contributed by atoms with van der Waals surface area (Å²) in [5.74, 6) is 5.79. The molecule has 8 nitrogen and oxygen atoms in total. The maximum absolute atomic E-state index is 11.1. The highest BCUT2D eigenvalue weighted by atomic mass is 16.5. The Morgan fingerprint density at radius 2 is 1.89 bits per heavy atom. The molecule has 0 radical (unpaired) electrons. The lowest BCUT2D eigenvalue weighted by atomic mass is 10.1. The van der Waals surface area contributed by atoms with Gasteiger partial charge in [-0.2, -0.15) is 10.6 Å². The van der Waals surface area contributed by atoms with Gasteiger partial charge in [0.2, 0.25) is 0 Å². The number of rotatable bonds is 3. The molecule has 2 atom stereocenters. The average molecular weight is 363 g/mol. The molecule has 27 heavy (non-hydrogen) atoms. The maximum Gasteiger partial charge on any atom is 0.327 e. The number of hydrogen-bond donors (Lipinski definition) is 4. The lowest BCUT2D eigenvalue weighted by Gasteiger charge is -2.16. The van der Waals surface area contributed by atoms with Crippen LogP contribution in [0.4, 0.5) is 0 Å². The lowest BCUT2D eigenvalue weighted by Crippen LogP contribution is -2.44. The molecular weight excluding hydrogens is 346 g/mol. The van der Waals surface area contributed by atoms with Crippen LogP contribution < -0.4 is 21.1 Å². The Balaban J connectivity index is 1.46. The van der Waals surface area contributed by atoms with Crippen LogP contribution in [0.5, 0.6) is 5.75 Å². The first kappa shape index (κ1) is 17.1. The molecule has 2 heterocycles. The van der Waals surface area contributed by atoms with Crippen LogP contribution >= 0.6 is 0 Å². The molecule has 1 aliphatic rings. The number of ether oxygens (including phenoxy) is 1. The Hall–Kier alpha value is -3.38. The van der Waals surface area contributed by atoms with Gasteiger partial charge in [-0.05, 0) is 42.5 Å². The number of carboxylic acid groups (broad SMARTS) is 1. The summed E-state index contributed by atoms with van der Waals surface area (Å²) in [5.41, 5.74) is 10.6. The van der Waals surface area contributed by atoms with Crippen LogP contribution in [-0.4, -0.2) is 33.1 Å². The van der Waals surface area contributed by atoms with Crippen molar-refractivity contribution in [3.05, 3.63) is 59.8 Å². The minimum atomic E-state index is -1.01. The molecule has 8 heteroatoms. The largest absolute Gasteiger partial charge is 0.480 e. The Kier molecular flexibility index (Phi) is 4.48. The van der Waals surface area contributed by atoms with Gasteiger partial charge in [-0.25, -0.2) is 10.9 Å². The quantitative estimate of drug-likeness (QED) is 0.510. The fourth-order valence-electron chi connectivity index (χ4n) is 2.79. The molecule has 0 saturated carbocycles. The van der Waals surface area contributed by atoms with Crippen molar-refractivity contribution in [1.29, 1.82) is 0 Å². The topological polar surface area (TPSA) is 100 Å². The first-order chi connectivity index (χ1) is 13.1. The number of carbonyl (C=O) groups is 1. The van der Waals surface area contributed by atoms with Crippen molar-refractivity contribution < 1.29 is 14.6 Å². The number of nitrogens with one attached hydrogen (secondary N) is 3. The summed E-state index contributed by atoms with van der Waals surface area (Å²) in [6, 6.07) is 12.3. The van der Waals surface area contributed by atoms with Crippen molar-refractivity contribution >= 4 is 16.9 Å². The molecule has 0 spiro atoms. The second-order valence-corrected chi connectivity index (χ2v) is 6.08. The van der Waals surface area contributed by atoms with E-state index in [1.54, 1.807) is 12.1 Å². The molecule has 0 amide bonds. The molecule has 0 bridgehead atoms. The summed E-state index contributed by atoms with van der Waals surface area (Å²) in [6.45, 7) is 0. The van der Waals surface area contributed by atoms with Gasteiger partial charge in [-0.1, -0.05) is 11.8 Å². The van der Waals surface area contributed by atoms with Crippen LogP contribution in [0.1, 0.15) is 11.1 Å². The molecule has 4 N–H and O–H groups in total. The smallest absolute Gasteiger partial charge is 0.327 e. The van der Waals surface area contributed by atoms with Gasteiger partial charge >= 0.3 is 5.97 Å². The third-order valence-corrected chi connectivity index (χ3v) is 4.23. The first-order valence-corrected chi connectivity index (χ1v) is 8.29. The average Bonchev–Trinajstić information content (AvgIpc) is 3.28. The van der Waals surface area contributed by atoms with E-state index in [0.29, 0.717) is 5.75 Å². The van der Waals surface area contributed by atoms with Gasteiger partial charge in [0.1, 0.15) is 5.75 Å². The highest BCUT2D eigenvalue weighted by molar-refractivity contribution is 5.80. The van der Waals surface area contributed by atoms with E-state index in [2.05, 4.69) is 33.3 Å². The van der Waals surface area contributed by atoms with Crippen LogP contribution in [0.3, 0.4) is 0 Å². The van der Waals surface area contributed by atoms with Crippen LogP contribution in [0.15, 0.2) is 48.7 Å². The second kappa shape index (κ2) is 7.09. The number of carboxylic acids is 1. The number of benzene rings is 2. The monoisotopic (exact) mass is 363 g/mol. The molecule has 1 aliphatic heterocycles. The first-order valence-electron chi connectivity index (χ1n) is 8.29. The molecular formula is C19H17N5O3. The van der Waals surface area contributed by atoms with Gasteiger partial charge in [0.15, 0.2) is 12.3 Å². The summed E-state index contributed by atoms with van der Waals surface area (Å²) >= 11 is 0. The van der Waals surface area contributed by atoms with Crippen LogP contribution in [0.25, 0.3) is 10.9 Å². The fourth-order valence-corrected chi connectivity index (χ4v) is 2.79. The predicted octanol–water partition coefficient (Wildman–Crippen LogP) is 0.744. The molecule has 3 aromatic rings. The summed E-state index contributed by atoms with van der Waals surface area (Å²) in [6.07, 6.45) is 1.10. The molecule has 0 aliphatic carbocycles. The normalized spacial score (nSPS) is 18.9. The van der Waals surface area contributed by atoms with Crippen molar-refractivity contribution in [2.75, 3.05) is 0 Å². The molecule has 4 rings (SSSR count). The fraction of sp³-hybridized carbons (Fsp3) is 0.158. The zero-order chi connectivity index (χ0) is 18.8. The van der Waals surface area contributed by atoms with E-state index in [1.165, 1.54) is 0 Å². The molecule has 1 saturated heterocycles. The zero-order valence-electron chi connectivity index (χ0n) is 14.4. The summed E-state index contributed by atoms with van der Waals surface area (Å²) in [5, 5.41) is 14.4. The SMILES string of the molecule is Cn1ncc2cc(C#Cc3ccc(OC4NNNC4C(=O)O)cc3)ccc21. The molecule has 2 unspecified atom stereocenters. The second-order valence-electron chi connectivity index (χ2n) is 6.08. The van der Waals surface area contributed by atoms with Crippen molar-refractivity contribution in [2.24, 2.45) is 7.05 Å². The number of hydrazine groups is 2.